The van der Waals surface area contributed by atoms with Gasteiger partial charge in [-0.1, -0.05) is 47.8 Å². The third-order valence-electron chi connectivity index (χ3n) is 4.87. The Morgan fingerprint density at radius 3 is 2.65 bits per heavy atom. The van der Waals surface area contributed by atoms with Crippen LogP contribution in [-0.4, -0.2) is 24.5 Å². The summed E-state index contributed by atoms with van der Waals surface area (Å²) in [6.45, 7) is 5.21. The molecule has 3 unspecified atom stereocenters. The lowest BCUT2D eigenvalue weighted by Crippen LogP contribution is -2.43. The molecule has 1 aromatic carbocycles. The summed E-state index contributed by atoms with van der Waals surface area (Å²) in [7, 11) is 2.25. The zero-order chi connectivity index (χ0) is 14.7. The van der Waals surface area contributed by atoms with E-state index in [0.717, 1.165) is 5.92 Å². The SMILES string of the molecule is Cc1cc(C(CN)N(C)C2CCCCC2C)ccc1Br. The van der Waals surface area contributed by atoms with E-state index in [1.165, 1.54) is 41.3 Å². The van der Waals surface area contributed by atoms with Crippen molar-refractivity contribution in [2.45, 2.75) is 51.6 Å². The molecule has 112 valence electrons. The van der Waals surface area contributed by atoms with Gasteiger partial charge in [0.25, 0.3) is 0 Å². The predicted molar refractivity (Wildman–Crippen MR) is 89.9 cm³/mol. The van der Waals surface area contributed by atoms with Crippen molar-refractivity contribution in [3.8, 4) is 0 Å². The van der Waals surface area contributed by atoms with Crippen LogP contribution in [0.4, 0.5) is 0 Å². The Kier molecular flexibility index (Phi) is 5.65. The van der Waals surface area contributed by atoms with Crippen LogP contribution in [0.5, 0.6) is 0 Å². The number of hydrogen-bond donors (Lipinski definition) is 1. The van der Waals surface area contributed by atoms with Gasteiger partial charge in [0.05, 0.1) is 0 Å². The Bertz CT molecular complexity index is 447. The molecule has 0 bridgehead atoms. The fourth-order valence-corrected chi connectivity index (χ4v) is 3.79. The molecule has 0 amide bonds. The average Bonchev–Trinajstić information content (AvgIpc) is 2.44. The third kappa shape index (κ3) is 3.44. The summed E-state index contributed by atoms with van der Waals surface area (Å²) < 4.78 is 1.17. The number of hydrogen-bond acceptors (Lipinski definition) is 2. The van der Waals surface area contributed by atoms with Crippen molar-refractivity contribution in [1.82, 2.24) is 4.90 Å². The van der Waals surface area contributed by atoms with E-state index in [1.54, 1.807) is 0 Å². The molecule has 1 aliphatic rings. The van der Waals surface area contributed by atoms with E-state index >= 15 is 0 Å². The second-order valence-electron chi connectivity index (χ2n) is 6.25. The molecular weight excluding hydrogens is 312 g/mol. The van der Waals surface area contributed by atoms with Crippen molar-refractivity contribution >= 4 is 15.9 Å². The Balaban J connectivity index is 2.19. The van der Waals surface area contributed by atoms with Gasteiger partial charge in [0, 0.05) is 23.1 Å². The summed E-state index contributed by atoms with van der Waals surface area (Å²) in [5.41, 5.74) is 8.72. The molecule has 1 fully saturated rings. The molecule has 0 spiro atoms. The summed E-state index contributed by atoms with van der Waals surface area (Å²) in [4.78, 5) is 2.52. The topological polar surface area (TPSA) is 29.3 Å². The van der Waals surface area contributed by atoms with Gasteiger partial charge < -0.3 is 5.73 Å². The largest absolute Gasteiger partial charge is 0.329 e. The lowest BCUT2D eigenvalue weighted by atomic mass is 9.84. The molecule has 2 N–H and O–H groups in total. The van der Waals surface area contributed by atoms with Crippen molar-refractivity contribution in [2.24, 2.45) is 11.7 Å². The van der Waals surface area contributed by atoms with E-state index in [9.17, 15) is 0 Å². The Morgan fingerprint density at radius 2 is 2.05 bits per heavy atom. The van der Waals surface area contributed by atoms with Gasteiger partial charge in [0.1, 0.15) is 0 Å². The van der Waals surface area contributed by atoms with Gasteiger partial charge in [0.15, 0.2) is 0 Å². The van der Waals surface area contributed by atoms with Crippen molar-refractivity contribution in [1.29, 1.82) is 0 Å². The first kappa shape index (κ1) is 16.0. The Labute approximate surface area is 131 Å². The zero-order valence-electron chi connectivity index (χ0n) is 12.9. The molecule has 1 saturated carbocycles. The normalized spacial score (nSPS) is 24.9. The summed E-state index contributed by atoms with van der Waals surface area (Å²) in [5, 5.41) is 0. The highest BCUT2D eigenvalue weighted by atomic mass is 79.9. The summed E-state index contributed by atoms with van der Waals surface area (Å²) in [6, 6.07) is 7.61. The van der Waals surface area contributed by atoms with E-state index in [0.29, 0.717) is 18.6 Å². The van der Waals surface area contributed by atoms with Crippen LogP contribution in [0.25, 0.3) is 0 Å². The minimum absolute atomic E-state index is 0.326. The monoisotopic (exact) mass is 338 g/mol. The van der Waals surface area contributed by atoms with Crippen molar-refractivity contribution in [3.05, 3.63) is 33.8 Å². The summed E-state index contributed by atoms with van der Waals surface area (Å²) in [6.07, 6.45) is 5.40. The first-order valence-electron chi connectivity index (χ1n) is 7.72. The second-order valence-corrected chi connectivity index (χ2v) is 7.11. The molecule has 0 aliphatic heterocycles. The molecule has 0 saturated heterocycles. The van der Waals surface area contributed by atoms with Crippen LogP contribution in [0.3, 0.4) is 0 Å². The molecule has 0 aromatic heterocycles. The first-order valence-corrected chi connectivity index (χ1v) is 8.52. The third-order valence-corrected chi connectivity index (χ3v) is 5.76. The maximum Gasteiger partial charge on any atom is 0.0470 e. The second kappa shape index (κ2) is 7.06. The molecule has 0 heterocycles. The molecule has 2 nitrogen and oxygen atoms in total. The van der Waals surface area contributed by atoms with Crippen LogP contribution in [0.1, 0.15) is 49.8 Å². The number of aryl methyl sites for hydroxylation is 1. The maximum atomic E-state index is 6.09. The van der Waals surface area contributed by atoms with Gasteiger partial charge in [0.2, 0.25) is 0 Å². The van der Waals surface area contributed by atoms with E-state index in [2.05, 4.69) is 59.9 Å². The zero-order valence-corrected chi connectivity index (χ0v) is 14.5. The van der Waals surface area contributed by atoms with Gasteiger partial charge in [-0.05, 0) is 49.9 Å². The van der Waals surface area contributed by atoms with Crippen LogP contribution in [-0.2, 0) is 0 Å². The van der Waals surface area contributed by atoms with Crippen molar-refractivity contribution in [3.63, 3.8) is 0 Å². The van der Waals surface area contributed by atoms with Crippen molar-refractivity contribution < 1.29 is 0 Å². The highest BCUT2D eigenvalue weighted by Gasteiger charge is 2.29. The minimum Gasteiger partial charge on any atom is -0.329 e. The Hall–Kier alpha value is -0.380. The predicted octanol–water partition coefficient (Wildman–Crippen LogP) is 4.27. The highest BCUT2D eigenvalue weighted by Crippen LogP contribution is 2.33. The number of nitrogens with two attached hydrogens (primary N) is 1. The summed E-state index contributed by atoms with van der Waals surface area (Å²) >= 11 is 3.58. The van der Waals surface area contributed by atoms with Gasteiger partial charge in [-0.15, -0.1) is 0 Å². The lowest BCUT2D eigenvalue weighted by Gasteiger charge is -2.40. The number of nitrogens with zero attached hydrogens (tertiary/aromatic N) is 1. The molecule has 2 rings (SSSR count). The fraction of sp³-hybridized carbons (Fsp3) is 0.647. The van der Waals surface area contributed by atoms with E-state index in [1.807, 2.05) is 0 Å². The number of likely N-dealkylation sites (N-methyl/N-ethyl adjacent to an activating group) is 1. The molecule has 1 aromatic rings. The van der Waals surface area contributed by atoms with Crippen LogP contribution >= 0.6 is 15.9 Å². The quantitative estimate of drug-likeness (QED) is 0.888. The van der Waals surface area contributed by atoms with Gasteiger partial charge in [-0.3, -0.25) is 4.90 Å². The molecule has 20 heavy (non-hydrogen) atoms. The van der Waals surface area contributed by atoms with E-state index in [4.69, 9.17) is 5.73 Å². The molecule has 0 radical (unpaired) electrons. The van der Waals surface area contributed by atoms with Gasteiger partial charge in [-0.2, -0.15) is 0 Å². The van der Waals surface area contributed by atoms with E-state index < -0.39 is 0 Å². The van der Waals surface area contributed by atoms with Crippen LogP contribution < -0.4 is 5.73 Å². The van der Waals surface area contributed by atoms with E-state index in [-0.39, 0.29) is 0 Å². The smallest absolute Gasteiger partial charge is 0.0470 e. The van der Waals surface area contributed by atoms with Crippen LogP contribution in [0, 0.1) is 12.8 Å². The average molecular weight is 339 g/mol. The standard InChI is InChI=1S/C17H27BrN2/c1-12-6-4-5-7-16(12)20(3)17(11-19)14-8-9-15(18)13(2)10-14/h8-10,12,16-17H,4-7,11,19H2,1-3H3. The lowest BCUT2D eigenvalue weighted by molar-refractivity contribution is 0.0992. The number of rotatable bonds is 4. The highest BCUT2D eigenvalue weighted by molar-refractivity contribution is 9.10. The molecule has 3 heteroatoms. The van der Waals surface area contributed by atoms with Crippen LogP contribution in [0.15, 0.2) is 22.7 Å². The fourth-order valence-electron chi connectivity index (χ4n) is 3.55. The number of halogens is 1. The maximum absolute atomic E-state index is 6.09. The van der Waals surface area contributed by atoms with Crippen molar-refractivity contribution in [2.75, 3.05) is 13.6 Å². The Morgan fingerprint density at radius 1 is 1.35 bits per heavy atom. The molecule has 3 atom stereocenters. The molecular formula is C17H27BrN2. The minimum atomic E-state index is 0.326. The number of benzene rings is 1. The van der Waals surface area contributed by atoms with Crippen LogP contribution in [0.2, 0.25) is 0 Å². The first-order chi connectivity index (χ1) is 9.54. The van der Waals surface area contributed by atoms with Gasteiger partial charge >= 0.3 is 0 Å². The summed E-state index contributed by atoms with van der Waals surface area (Å²) in [5.74, 6) is 0.777. The van der Waals surface area contributed by atoms with Gasteiger partial charge in [-0.25, -0.2) is 0 Å². The molecule has 1 aliphatic carbocycles.